The predicted molar refractivity (Wildman–Crippen MR) is 48.6 cm³/mol. The fraction of sp³-hybridized carbons (Fsp3) is 0.300. The van der Waals surface area contributed by atoms with Crippen molar-refractivity contribution in [2.24, 2.45) is 5.92 Å². The maximum Gasteiger partial charge on any atom is 0.306 e. The van der Waals surface area contributed by atoms with Crippen molar-refractivity contribution in [1.82, 2.24) is 0 Å². The Balaban J connectivity index is 2.64. The van der Waals surface area contributed by atoms with Crippen LogP contribution in [0.5, 0.6) is 5.75 Å². The number of rotatable bonds is 3. The van der Waals surface area contributed by atoms with Gasteiger partial charge in [-0.2, -0.15) is 0 Å². The number of benzene rings is 1. The molecule has 0 heterocycles. The van der Waals surface area contributed by atoms with Gasteiger partial charge in [-0.1, -0.05) is 19.1 Å². The van der Waals surface area contributed by atoms with Gasteiger partial charge in [-0.25, -0.2) is 0 Å². The molecule has 3 heteroatoms. The molecule has 0 unspecified atom stereocenters. The number of hydrogen-bond donors (Lipinski definition) is 2. The molecule has 0 spiro atoms. The van der Waals surface area contributed by atoms with Crippen LogP contribution >= 0.6 is 0 Å². The summed E-state index contributed by atoms with van der Waals surface area (Å²) < 4.78 is 0. The molecule has 2 N–H and O–H groups in total. The lowest BCUT2D eigenvalue weighted by Gasteiger charge is -2.05. The van der Waals surface area contributed by atoms with E-state index in [1.807, 2.05) is 0 Å². The Bertz CT molecular complexity index is 290. The molecule has 3 nitrogen and oxygen atoms in total. The van der Waals surface area contributed by atoms with Crippen LogP contribution in [-0.4, -0.2) is 16.2 Å². The predicted octanol–water partition coefficient (Wildman–Crippen LogP) is 1.66. The molecule has 1 atom stereocenters. The first-order valence-electron chi connectivity index (χ1n) is 4.10. The fourth-order valence-electron chi connectivity index (χ4n) is 1.07. The Morgan fingerprint density at radius 3 is 2.38 bits per heavy atom. The lowest BCUT2D eigenvalue weighted by atomic mass is 10.0. The van der Waals surface area contributed by atoms with E-state index in [0.717, 1.165) is 5.56 Å². The molecule has 0 aromatic heterocycles. The second-order valence-electron chi connectivity index (χ2n) is 3.11. The lowest BCUT2D eigenvalue weighted by Crippen LogP contribution is -2.11. The minimum Gasteiger partial charge on any atom is -0.508 e. The number of carboxylic acids is 1. The number of phenols is 1. The van der Waals surface area contributed by atoms with Crippen molar-refractivity contribution in [1.29, 1.82) is 0 Å². The van der Waals surface area contributed by atoms with Gasteiger partial charge >= 0.3 is 5.97 Å². The van der Waals surface area contributed by atoms with Gasteiger partial charge in [0.15, 0.2) is 0 Å². The number of aliphatic carboxylic acids is 1. The first-order valence-corrected chi connectivity index (χ1v) is 4.10. The number of carboxylic acid groups (broad SMARTS) is 1. The zero-order valence-electron chi connectivity index (χ0n) is 7.40. The third-order valence-electron chi connectivity index (χ3n) is 1.90. The van der Waals surface area contributed by atoms with Crippen LogP contribution < -0.4 is 0 Å². The van der Waals surface area contributed by atoms with Crippen molar-refractivity contribution in [3.63, 3.8) is 0 Å². The molecular formula is C10H12O3. The van der Waals surface area contributed by atoms with E-state index in [1.54, 1.807) is 31.2 Å². The van der Waals surface area contributed by atoms with E-state index >= 15 is 0 Å². The van der Waals surface area contributed by atoms with Gasteiger partial charge in [0.1, 0.15) is 5.75 Å². The molecule has 0 bridgehead atoms. The summed E-state index contributed by atoms with van der Waals surface area (Å²) in [7, 11) is 0. The van der Waals surface area contributed by atoms with Gasteiger partial charge in [-0.3, -0.25) is 4.79 Å². The quantitative estimate of drug-likeness (QED) is 0.743. The molecule has 0 aliphatic rings. The Morgan fingerprint density at radius 1 is 1.38 bits per heavy atom. The van der Waals surface area contributed by atoms with Crippen LogP contribution in [0.4, 0.5) is 0 Å². The maximum absolute atomic E-state index is 10.5. The van der Waals surface area contributed by atoms with Crippen molar-refractivity contribution in [2.75, 3.05) is 0 Å². The molecular weight excluding hydrogens is 168 g/mol. The highest BCUT2D eigenvalue weighted by atomic mass is 16.4. The van der Waals surface area contributed by atoms with Crippen LogP contribution in [0, 0.1) is 5.92 Å². The van der Waals surface area contributed by atoms with E-state index in [0.29, 0.717) is 6.42 Å². The SMILES string of the molecule is C[C@H](Cc1ccc(O)cc1)C(=O)O. The van der Waals surface area contributed by atoms with Gasteiger partial charge in [0.2, 0.25) is 0 Å². The highest BCUT2D eigenvalue weighted by Gasteiger charge is 2.10. The highest BCUT2D eigenvalue weighted by molar-refractivity contribution is 5.69. The van der Waals surface area contributed by atoms with Crippen LogP contribution in [0.15, 0.2) is 24.3 Å². The van der Waals surface area contributed by atoms with Gasteiger partial charge in [0.05, 0.1) is 5.92 Å². The van der Waals surface area contributed by atoms with Crippen molar-refractivity contribution >= 4 is 5.97 Å². The van der Waals surface area contributed by atoms with Crippen molar-refractivity contribution < 1.29 is 15.0 Å². The molecule has 0 saturated carbocycles. The Kier molecular flexibility index (Phi) is 2.90. The average molecular weight is 180 g/mol. The first kappa shape index (κ1) is 9.58. The maximum atomic E-state index is 10.5. The standard InChI is InChI=1S/C10H12O3/c1-7(10(12)13)6-8-2-4-9(11)5-3-8/h2-5,7,11H,6H2,1H3,(H,12,13)/t7-/m1/s1. The third-order valence-corrected chi connectivity index (χ3v) is 1.90. The molecule has 1 aromatic carbocycles. The molecule has 0 radical (unpaired) electrons. The Morgan fingerprint density at radius 2 is 1.92 bits per heavy atom. The molecule has 1 aromatic rings. The van der Waals surface area contributed by atoms with Crippen LogP contribution in [-0.2, 0) is 11.2 Å². The first-order chi connectivity index (χ1) is 6.09. The van der Waals surface area contributed by atoms with E-state index in [-0.39, 0.29) is 11.7 Å². The summed E-state index contributed by atoms with van der Waals surface area (Å²) in [4.78, 5) is 10.5. The van der Waals surface area contributed by atoms with Crippen molar-refractivity contribution in [2.45, 2.75) is 13.3 Å². The summed E-state index contributed by atoms with van der Waals surface area (Å²) in [5.74, 6) is -0.982. The molecule has 0 aliphatic carbocycles. The third kappa shape index (κ3) is 2.78. The zero-order chi connectivity index (χ0) is 9.84. The summed E-state index contributed by atoms with van der Waals surface area (Å²) in [6, 6.07) is 6.58. The molecule has 0 aliphatic heterocycles. The van der Waals surface area contributed by atoms with E-state index in [1.165, 1.54) is 0 Å². The molecule has 1 rings (SSSR count). The monoisotopic (exact) mass is 180 g/mol. The number of hydrogen-bond acceptors (Lipinski definition) is 2. The normalized spacial score (nSPS) is 12.4. The summed E-state index contributed by atoms with van der Waals surface area (Å²) in [5.41, 5.74) is 0.924. The summed E-state index contributed by atoms with van der Waals surface area (Å²) in [5, 5.41) is 17.6. The van der Waals surface area contributed by atoms with Crippen molar-refractivity contribution in [3.8, 4) is 5.75 Å². The molecule has 0 saturated heterocycles. The van der Waals surface area contributed by atoms with E-state index in [9.17, 15) is 4.79 Å². The molecule has 0 fully saturated rings. The number of aromatic hydroxyl groups is 1. The van der Waals surface area contributed by atoms with Crippen LogP contribution in [0.3, 0.4) is 0 Å². The summed E-state index contributed by atoms with van der Waals surface area (Å²) in [6.45, 7) is 1.66. The number of phenolic OH excluding ortho intramolecular Hbond substituents is 1. The van der Waals surface area contributed by atoms with E-state index < -0.39 is 5.97 Å². The van der Waals surface area contributed by atoms with Crippen LogP contribution in [0.2, 0.25) is 0 Å². The fourth-order valence-corrected chi connectivity index (χ4v) is 1.07. The second-order valence-corrected chi connectivity index (χ2v) is 3.11. The lowest BCUT2D eigenvalue weighted by molar-refractivity contribution is -0.141. The smallest absolute Gasteiger partial charge is 0.306 e. The highest BCUT2D eigenvalue weighted by Crippen LogP contribution is 2.13. The Labute approximate surface area is 76.6 Å². The zero-order valence-corrected chi connectivity index (χ0v) is 7.40. The van der Waals surface area contributed by atoms with Crippen LogP contribution in [0.25, 0.3) is 0 Å². The largest absolute Gasteiger partial charge is 0.508 e. The van der Waals surface area contributed by atoms with Gasteiger partial charge < -0.3 is 10.2 Å². The molecule has 0 amide bonds. The second kappa shape index (κ2) is 3.94. The van der Waals surface area contributed by atoms with Gasteiger partial charge in [-0.05, 0) is 24.1 Å². The van der Waals surface area contributed by atoms with Crippen LogP contribution in [0.1, 0.15) is 12.5 Å². The minimum absolute atomic E-state index is 0.201. The number of carbonyl (C=O) groups is 1. The topological polar surface area (TPSA) is 57.5 Å². The van der Waals surface area contributed by atoms with E-state index in [4.69, 9.17) is 10.2 Å². The Hall–Kier alpha value is -1.51. The van der Waals surface area contributed by atoms with Crippen molar-refractivity contribution in [3.05, 3.63) is 29.8 Å². The van der Waals surface area contributed by atoms with E-state index in [2.05, 4.69) is 0 Å². The summed E-state index contributed by atoms with van der Waals surface area (Å²) in [6.07, 6.45) is 0.496. The van der Waals surface area contributed by atoms with Gasteiger partial charge in [0, 0.05) is 0 Å². The van der Waals surface area contributed by atoms with Gasteiger partial charge in [0.25, 0.3) is 0 Å². The van der Waals surface area contributed by atoms with Gasteiger partial charge in [-0.15, -0.1) is 0 Å². The molecule has 70 valence electrons. The average Bonchev–Trinajstić information content (AvgIpc) is 2.08. The summed E-state index contributed by atoms with van der Waals surface area (Å²) >= 11 is 0. The molecule has 13 heavy (non-hydrogen) atoms. The minimum atomic E-state index is -0.798.